The number of quaternary nitrogens is 1. The van der Waals surface area contributed by atoms with Crippen molar-refractivity contribution in [1.82, 2.24) is 0 Å². The summed E-state index contributed by atoms with van der Waals surface area (Å²) in [5.41, 5.74) is 0. The van der Waals surface area contributed by atoms with Crippen LogP contribution in [0.2, 0.25) is 0 Å². The first-order valence-corrected chi connectivity index (χ1v) is 43.1. The Balaban J connectivity index is 3.91. The second-order valence-electron chi connectivity index (χ2n) is 30.4. The summed E-state index contributed by atoms with van der Waals surface area (Å²) in [6.07, 6.45) is 106. The first-order chi connectivity index (χ1) is 48.6. The van der Waals surface area contributed by atoms with Crippen LogP contribution in [0.1, 0.15) is 425 Å². The van der Waals surface area contributed by atoms with E-state index in [1.807, 2.05) is 21.1 Å². The normalized spacial score (nSPS) is 12.9. The van der Waals surface area contributed by atoms with Crippen molar-refractivity contribution >= 4 is 17.9 Å². The van der Waals surface area contributed by atoms with E-state index in [0.29, 0.717) is 23.9 Å². The van der Waals surface area contributed by atoms with Crippen molar-refractivity contribution in [3.8, 4) is 0 Å². The number of carbonyl (C=O) groups is 3. The molecule has 0 aromatic carbocycles. The number of hydrogen-bond acceptors (Lipinski definition) is 8. The molecule has 0 heterocycles. The van der Waals surface area contributed by atoms with Gasteiger partial charge in [-0.05, 0) is 83.5 Å². The monoisotopic (exact) mass is 1390 g/mol. The average molecular weight is 1390 g/mol. The number of nitrogens with zero attached hydrogens (tertiary/aromatic N) is 1. The molecule has 0 radical (unpaired) electrons. The summed E-state index contributed by atoms with van der Waals surface area (Å²) in [7, 11) is 5.95. The second-order valence-corrected chi connectivity index (χ2v) is 30.4. The Morgan fingerprint density at radius 1 is 0.313 bits per heavy atom. The van der Waals surface area contributed by atoms with E-state index in [1.165, 1.54) is 327 Å². The molecule has 0 saturated heterocycles. The zero-order chi connectivity index (χ0) is 71.8. The minimum absolute atomic E-state index is 0.150. The van der Waals surface area contributed by atoms with Gasteiger partial charge in [0.05, 0.1) is 40.3 Å². The van der Waals surface area contributed by atoms with Crippen molar-refractivity contribution in [2.45, 2.75) is 437 Å². The fraction of sp³-hybridized carbons (Fsp3) is 0.833. The maximum atomic E-state index is 13.0. The SMILES string of the molecule is CC/C=C\C/C=C\C/C=C\C/C=C\CCCCCCCCCCCCCCCCCCCCCCC(=O)OC(COC(=O)CCCCCCCCCCCCCCCCCCCCCCCCCCCCCCC/C=C\C/C=C\CCCCCCC)COC(OCC[N+](C)(C)C)C(=O)[O-]. The predicted molar refractivity (Wildman–Crippen MR) is 426 cm³/mol. The summed E-state index contributed by atoms with van der Waals surface area (Å²) < 4.78 is 22.9. The highest BCUT2D eigenvalue weighted by atomic mass is 16.7. The van der Waals surface area contributed by atoms with Gasteiger partial charge in [0.15, 0.2) is 12.4 Å². The quantitative estimate of drug-likeness (QED) is 0.0195. The van der Waals surface area contributed by atoms with Gasteiger partial charge in [-0.25, -0.2) is 0 Å². The molecule has 578 valence electrons. The van der Waals surface area contributed by atoms with Crippen LogP contribution in [0.5, 0.6) is 0 Å². The van der Waals surface area contributed by atoms with Gasteiger partial charge >= 0.3 is 11.9 Å². The van der Waals surface area contributed by atoms with Gasteiger partial charge < -0.3 is 33.3 Å². The molecule has 0 fully saturated rings. The zero-order valence-electron chi connectivity index (χ0n) is 66.4. The van der Waals surface area contributed by atoms with Gasteiger partial charge in [-0.2, -0.15) is 0 Å². The van der Waals surface area contributed by atoms with E-state index in [1.54, 1.807) is 0 Å². The molecule has 9 nitrogen and oxygen atoms in total. The van der Waals surface area contributed by atoms with Crippen molar-refractivity contribution in [2.75, 3.05) is 47.5 Å². The Labute approximate surface area is 615 Å². The molecule has 0 rings (SSSR count). The van der Waals surface area contributed by atoms with Crippen LogP contribution in [-0.2, 0) is 33.3 Å². The smallest absolute Gasteiger partial charge is 0.306 e. The third kappa shape index (κ3) is 81.9. The molecular weight excluding hydrogens is 1220 g/mol. The number of likely N-dealkylation sites (N-methyl/N-ethyl adjacent to an activating group) is 1. The highest BCUT2D eigenvalue weighted by Gasteiger charge is 2.22. The van der Waals surface area contributed by atoms with Crippen molar-refractivity contribution in [1.29, 1.82) is 0 Å². The summed E-state index contributed by atoms with van der Waals surface area (Å²) in [6.45, 7) is 4.70. The summed E-state index contributed by atoms with van der Waals surface area (Å²) in [4.78, 5) is 37.7. The molecular formula is C90H165NO8. The summed E-state index contributed by atoms with van der Waals surface area (Å²) in [5, 5.41) is 11.9. The summed E-state index contributed by atoms with van der Waals surface area (Å²) in [6, 6.07) is 0. The summed E-state index contributed by atoms with van der Waals surface area (Å²) >= 11 is 0. The van der Waals surface area contributed by atoms with Gasteiger partial charge in [0.1, 0.15) is 13.2 Å². The van der Waals surface area contributed by atoms with Crippen LogP contribution in [0, 0.1) is 0 Å². The number of rotatable bonds is 81. The maximum absolute atomic E-state index is 13.0. The van der Waals surface area contributed by atoms with E-state index >= 15 is 0 Å². The molecule has 0 aliphatic rings. The second kappa shape index (κ2) is 80.4. The molecule has 0 aromatic heterocycles. The molecule has 0 aromatic rings. The van der Waals surface area contributed by atoms with Crippen LogP contribution >= 0.6 is 0 Å². The molecule has 2 unspecified atom stereocenters. The molecule has 9 heteroatoms. The molecule has 0 saturated carbocycles. The molecule has 0 bridgehead atoms. The third-order valence-corrected chi connectivity index (χ3v) is 19.4. The number of carbonyl (C=O) groups excluding carboxylic acids is 3. The molecule has 0 N–H and O–H groups in total. The molecule has 0 spiro atoms. The van der Waals surface area contributed by atoms with Gasteiger partial charge in [-0.1, -0.05) is 401 Å². The minimum Gasteiger partial charge on any atom is -0.545 e. The van der Waals surface area contributed by atoms with Crippen molar-refractivity contribution < 1.29 is 42.9 Å². The number of aliphatic carboxylic acids is 1. The molecule has 2 atom stereocenters. The van der Waals surface area contributed by atoms with E-state index in [2.05, 4.69) is 86.8 Å². The van der Waals surface area contributed by atoms with Gasteiger partial charge in [0.2, 0.25) is 0 Å². The number of ether oxygens (including phenoxy) is 4. The lowest BCUT2D eigenvalue weighted by Crippen LogP contribution is -2.44. The zero-order valence-corrected chi connectivity index (χ0v) is 66.4. The highest BCUT2D eigenvalue weighted by molar-refractivity contribution is 5.70. The van der Waals surface area contributed by atoms with Crippen molar-refractivity contribution in [3.63, 3.8) is 0 Å². The predicted octanol–water partition coefficient (Wildman–Crippen LogP) is 26.6. The van der Waals surface area contributed by atoms with Crippen LogP contribution in [0.15, 0.2) is 72.9 Å². The first-order valence-electron chi connectivity index (χ1n) is 43.1. The highest BCUT2D eigenvalue weighted by Crippen LogP contribution is 2.20. The van der Waals surface area contributed by atoms with Gasteiger partial charge in [0.25, 0.3) is 0 Å². The fourth-order valence-corrected chi connectivity index (χ4v) is 12.9. The van der Waals surface area contributed by atoms with E-state index in [4.69, 9.17) is 18.9 Å². The average Bonchev–Trinajstić information content (AvgIpc) is 1.57. The maximum Gasteiger partial charge on any atom is 0.306 e. The van der Waals surface area contributed by atoms with E-state index in [0.717, 1.165) is 64.2 Å². The minimum atomic E-state index is -1.62. The number of carboxylic acid groups (broad SMARTS) is 1. The number of carboxylic acids is 1. The summed E-state index contributed by atoms with van der Waals surface area (Å²) in [5.74, 6) is -2.25. The van der Waals surface area contributed by atoms with Gasteiger partial charge in [-0.3, -0.25) is 9.59 Å². The van der Waals surface area contributed by atoms with Crippen LogP contribution in [0.4, 0.5) is 0 Å². The Morgan fingerprint density at radius 3 is 0.859 bits per heavy atom. The molecule has 0 amide bonds. The first kappa shape index (κ1) is 95.7. The number of hydrogen-bond donors (Lipinski definition) is 0. The van der Waals surface area contributed by atoms with Gasteiger partial charge in [-0.15, -0.1) is 0 Å². The van der Waals surface area contributed by atoms with Crippen LogP contribution in [0.3, 0.4) is 0 Å². The number of allylic oxidation sites excluding steroid dienone is 12. The molecule has 0 aliphatic carbocycles. The lowest BCUT2D eigenvalue weighted by atomic mass is 10.0. The van der Waals surface area contributed by atoms with Crippen LogP contribution in [-0.4, -0.2) is 82.3 Å². The molecule has 99 heavy (non-hydrogen) atoms. The van der Waals surface area contributed by atoms with E-state index in [9.17, 15) is 19.5 Å². The standard InChI is InChI=1S/C90H165NO8/c1-6-8-10-12-14-16-18-20-22-24-26-28-30-32-34-36-38-40-41-42-43-44-45-46-47-49-50-52-54-56-58-60-62-64-66-68-70-72-74-76-78-80-87(92)97-84-86(85-98-90(89(94)95)96-83-82-91(3,4)5)99-88(93)81-79-77-75-73-71-69-67-65-63-61-59-57-55-53-51-48-39-37-35-33-31-29-27-25-23-21-19-17-15-13-11-9-7-2/h9,11,15,17-18,20-21,23-24,26-27,29,86,90H,6-8,10,12-14,16,19,22,25,28,30-85H2,1-5H3/b11-9-,17-15-,20-18-,23-21-,26-24-,29-27-. The van der Waals surface area contributed by atoms with E-state index in [-0.39, 0.29) is 32.2 Å². The Bertz CT molecular complexity index is 1860. The van der Waals surface area contributed by atoms with Gasteiger partial charge in [0, 0.05) is 12.8 Å². The Kier molecular flexibility index (Phi) is 77.8. The largest absolute Gasteiger partial charge is 0.545 e. The Morgan fingerprint density at radius 2 is 0.576 bits per heavy atom. The number of esters is 2. The lowest BCUT2D eigenvalue weighted by Gasteiger charge is -2.26. The van der Waals surface area contributed by atoms with Crippen LogP contribution in [0.25, 0.3) is 0 Å². The molecule has 0 aliphatic heterocycles. The van der Waals surface area contributed by atoms with Crippen LogP contribution < -0.4 is 5.11 Å². The lowest BCUT2D eigenvalue weighted by molar-refractivity contribution is -0.870. The topological polar surface area (TPSA) is 111 Å². The third-order valence-electron chi connectivity index (χ3n) is 19.4. The fourth-order valence-electron chi connectivity index (χ4n) is 12.9. The van der Waals surface area contributed by atoms with Crippen molar-refractivity contribution in [2.24, 2.45) is 0 Å². The van der Waals surface area contributed by atoms with Crippen molar-refractivity contribution in [3.05, 3.63) is 72.9 Å². The van der Waals surface area contributed by atoms with E-state index < -0.39 is 24.3 Å². The number of unbranched alkanes of at least 4 members (excludes halogenated alkanes) is 54. The Hall–Kier alpha value is -3.27.